The number of ether oxygens (including phenoxy) is 1. The van der Waals surface area contributed by atoms with Gasteiger partial charge in [0.1, 0.15) is 5.75 Å². The average molecular weight is 335 g/mol. The number of amides is 1. The summed E-state index contributed by atoms with van der Waals surface area (Å²) in [4.78, 5) is 13.2. The van der Waals surface area contributed by atoms with Gasteiger partial charge in [-0.05, 0) is 33.6 Å². The summed E-state index contributed by atoms with van der Waals surface area (Å²) in [5.41, 5.74) is 0.934. The Morgan fingerprint density at radius 2 is 2.26 bits per heavy atom. The number of alkyl halides is 2. The van der Waals surface area contributed by atoms with Crippen LogP contribution in [0.2, 0.25) is 0 Å². The van der Waals surface area contributed by atoms with Crippen molar-refractivity contribution in [3.63, 3.8) is 0 Å². The van der Waals surface area contributed by atoms with Crippen molar-refractivity contribution < 1.29 is 18.3 Å². The van der Waals surface area contributed by atoms with Gasteiger partial charge in [0.05, 0.1) is 11.0 Å². The first-order valence-corrected chi connectivity index (χ1v) is 6.56. The number of benzene rings is 1. The van der Waals surface area contributed by atoms with Crippen LogP contribution in [0, 0.1) is 0 Å². The van der Waals surface area contributed by atoms with Gasteiger partial charge >= 0.3 is 6.61 Å². The summed E-state index contributed by atoms with van der Waals surface area (Å²) >= 11 is 3.20. The topological polar surface area (TPSA) is 41.6 Å². The fraction of sp³-hybridized carbons (Fsp3) is 0.417. The molecule has 104 valence electrons. The normalized spacial score (nSPS) is 16.5. The molecule has 4 nitrogen and oxygen atoms in total. The van der Waals surface area contributed by atoms with E-state index in [0.29, 0.717) is 24.1 Å². The first-order chi connectivity index (χ1) is 9.04. The molecule has 0 spiro atoms. The molecule has 0 radical (unpaired) electrons. The second kappa shape index (κ2) is 6.29. The Morgan fingerprint density at radius 1 is 1.47 bits per heavy atom. The molecule has 1 N–H and O–H groups in total. The molecule has 1 aliphatic rings. The monoisotopic (exact) mass is 334 g/mol. The Bertz CT molecular complexity index is 471. The van der Waals surface area contributed by atoms with E-state index in [-0.39, 0.29) is 11.7 Å². The lowest BCUT2D eigenvalue weighted by molar-refractivity contribution is -0.124. The van der Waals surface area contributed by atoms with E-state index in [1.165, 1.54) is 6.07 Å². The predicted molar refractivity (Wildman–Crippen MR) is 69.1 cm³/mol. The summed E-state index contributed by atoms with van der Waals surface area (Å²) in [6.07, 6.45) is 0. The van der Waals surface area contributed by atoms with Crippen LogP contribution in [0.15, 0.2) is 22.7 Å². The Labute approximate surface area is 117 Å². The predicted octanol–water partition coefficient (Wildman–Crippen LogP) is 1.98. The zero-order valence-corrected chi connectivity index (χ0v) is 11.6. The van der Waals surface area contributed by atoms with Crippen molar-refractivity contribution in [2.45, 2.75) is 13.2 Å². The van der Waals surface area contributed by atoms with Crippen molar-refractivity contribution >= 4 is 21.8 Å². The Morgan fingerprint density at radius 3 is 2.89 bits per heavy atom. The van der Waals surface area contributed by atoms with Gasteiger partial charge in [0, 0.05) is 19.6 Å². The smallest absolute Gasteiger partial charge is 0.387 e. The molecule has 1 aliphatic heterocycles. The summed E-state index contributed by atoms with van der Waals surface area (Å²) < 4.78 is 29.1. The fourth-order valence-electron chi connectivity index (χ4n) is 1.92. The molecular formula is C12H13BrF2N2O2. The molecule has 2 rings (SSSR count). The van der Waals surface area contributed by atoms with Crippen LogP contribution in [0.4, 0.5) is 8.78 Å². The minimum Gasteiger partial charge on any atom is -0.434 e. The highest BCUT2D eigenvalue weighted by atomic mass is 79.9. The number of halogens is 3. The zero-order valence-electron chi connectivity index (χ0n) is 10.0. The zero-order chi connectivity index (χ0) is 13.8. The quantitative estimate of drug-likeness (QED) is 0.915. The highest BCUT2D eigenvalue weighted by molar-refractivity contribution is 9.10. The van der Waals surface area contributed by atoms with Gasteiger partial charge in [-0.3, -0.25) is 9.69 Å². The lowest BCUT2D eigenvalue weighted by atomic mass is 10.2. The molecule has 0 saturated carbocycles. The molecule has 1 saturated heterocycles. The molecule has 1 heterocycles. The number of carbonyl (C=O) groups is 1. The second-order valence-electron chi connectivity index (χ2n) is 4.20. The molecule has 1 aromatic carbocycles. The minimum absolute atomic E-state index is 0.00275. The maximum Gasteiger partial charge on any atom is 0.387 e. The van der Waals surface area contributed by atoms with E-state index in [0.717, 1.165) is 12.1 Å². The third-order valence-corrected chi connectivity index (χ3v) is 3.36. The first kappa shape index (κ1) is 14.2. The van der Waals surface area contributed by atoms with E-state index < -0.39 is 6.61 Å². The minimum atomic E-state index is -2.84. The van der Waals surface area contributed by atoms with Gasteiger partial charge in [-0.25, -0.2) is 0 Å². The summed E-state index contributed by atoms with van der Waals surface area (Å²) in [6, 6.07) is 4.94. The maximum absolute atomic E-state index is 12.1. The van der Waals surface area contributed by atoms with Crippen LogP contribution in [-0.2, 0) is 11.3 Å². The number of nitrogens with zero attached hydrogens (tertiary/aromatic N) is 1. The fourth-order valence-corrected chi connectivity index (χ4v) is 2.44. The SMILES string of the molecule is O=C1CN(Cc2ccc(OC(F)F)c(Br)c2)CCN1. The first-order valence-electron chi connectivity index (χ1n) is 5.77. The summed E-state index contributed by atoms with van der Waals surface area (Å²) in [5.74, 6) is 0.109. The summed E-state index contributed by atoms with van der Waals surface area (Å²) in [6.45, 7) is -0.480. The Kier molecular flexibility index (Phi) is 4.71. The number of rotatable bonds is 4. The van der Waals surface area contributed by atoms with Gasteiger partial charge in [-0.1, -0.05) is 6.07 Å². The molecule has 0 bridgehead atoms. The molecule has 19 heavy (non-hydrogen) atoms. The highest BCUT2D eigenvalue weighted by Gasteiger charge is 2.16. The van der Waals surface area contributed by atoms with Gasteiger partial charge in [-0.15, -0.1) is 0 Å². The van der Waals surface area contributed by atoms with Crippen LogP contribution >= 0.6 is 15.9 Å². The van der Waals surface area contributed by atoms with E-state index >= 15 is 0 Å². The van der Waals surface area contributed by atoms with Gasteiger partial charge in [0.2, 0.25) is 5.91 Å². The van der Waals surface area contributed by atoms with E-state index in [4.69, 9.17) is 0 Å². The van der Waals surface area contributed by atoms with Crippen LogP contribution in [0.5, 0.6) is 5.75 Å². The number of nitrogens with one attached hydrogen (secondary N) is 1. The van der Waals surface area contributed by atoms with Gasteiger partial charge in [-0.2, -0.15) is 8.78 Å². The molecule has 0 aliphatic carbocycles. The van der Waals surface area contributed by atoms with Crippen molar-refractivity contribution in [1.82, 2.24) is 10.2 Å². The van der Waals surface area contributed by atoms with Crippen molar-refractivity contribution in [3.05, 3.63) is 28.2 Å². The van der Waals surface area contributed by atoms with Crippen molar-refractivity contribution in [1.29, 1.82) is 0 Å². The Balaban J connectivity index is 2.01. The molecular weight excluding hydrogens is 322 g/mol. The lowest BCUT2D eigenvalue weighted by Gasteiger charge is -2.26. The maximum atomic E-state index is 12.1. The number of hydrogen-bond donors (Lipinski definition) is 1. The lowest BCUT2D eigenvalue weighted by Crippen LogP contribution is -2.47. The van der Waals surface area contributed by atoms with E-state index in [1.54, 1.807) is 12.1 Å². The van der Waals surface area contributed by atoms with Crippen molar-refractivity contribution in [3.8, 4) is 5.75 Å². The number of carbonyl (C=O) groups excluding carboxylic acids is 1. The summed E-state index contributed by atoms with van der Waals surface area (Å²) in [7, 11) is 0. The molecule has 7 heteroatoms. The van der Waals surface area contributed by atoms with Gasteiger partial charge in [0.15, 0.2) is 0 Å². The molecule has 1 amide bonds. The molecule has 1 fully saturated rings. The third-order valence-electron chi connectivity index (χ3n) is 2.74. The van der Waals surface area contributed by atoms with E-state index in [2.05, 4.69) is 26.0 Å². The Hall–Kier alpha value is -1.21. The van der Waals surface area contributed by atoms with Crippen LogP contribution < -0.4 is 10.1 Å². The van der Waals surface area contributed by atoms with Crippen LogP contribution in [0.1, 0.15) is 5.56 Å². The van der Waals surface area contributed by atoms with Crippen molar-refractivity contribution in [2.24, 2.45) is 0 Å². The number of hydrogen-bond acceptors (Lipinski definition) is 3. The number of piperazine rings is 1. The second-order valence-corrected chi connectivity index (χ2v) is 5.06. The standard InChI is InChI=1S/C12H13BrF2N2O2/c13-9-5-8(1-2-10(9)19-12(14)15)6-17-4-3-16-11(18)7-17/h1-2,5,12H,3-4,6-7H2,(H,16,18). The molecule has 0 atom stereocenters. The molecule has 0 unspecified atom stereocenters. The van der Waals surface area contributed by atoms with Gasteiger partial charge in [0.25, 0.3) is 0 Å². The van der Waals surface area contributed by atoms with E-state index in [1.807, 2.05) is 4.90 Å². The molecule has 1 aromatic rings. The van der Waals surface area contributed by atoms with Crippen molar-refractivity contribution in [2.75, 3.05) is 19.6 Å². The third kappa shape index (κ3) is 4.14. The molecule has 0 aromatic heterocycles. The largest absolute Gasteiger partial charge is 0.434 e. The van der Waals surface area contributed by atoms with Crippen LogP contribution in [-0.4, -0.2) is 37.1 Å². The van der Waals surface area contributed by atoms with Crippen LogP contribution in [0.3, 0.4) is 0 Å². The summed E-state index contributed by atoms with van der Waals surface area (Å²) in [5, 5.41) is 2.75. The average Bonchev–Trinajstić information content (AvgIpc) is 2.32. The van der Waals surface area contributed by atoms with Gasteiger partial charge < -0.3 is 10.1 Å². The van der Waals surface area contributed by atoms with Crippen LogP contribution in [0.25, 0.3) is 0 Å². The van der Waals surface area contributed by atoms with E-state index in [9.17, 15) is 13.6 Å². The highest BCUT2D eigenvalue weighted by Crippen LogP contribution is 2.27.